The molecule has 1 saturated heterocycles. The van der Waals surface area contributed by atoms with Crippen molar-refractivity contribution < 1.29 is 23.8 Å². The molecule has 0 aliphatic carbocycles. The summed E-state index contributed by atoms with van der Waals surface area (Å²) in [5.41, 5.74) is 0.635. The van der Waals surface area contributed by atoms with Crippen LogP contribution in [0.4, 0.5) is 10.3 Å². The van der Waals surface area contributed by atoms with Crippen LogP contribution in [0, 0.1) is 5.82 Å². The van der Waals surface area contributed by atoms with E-state index >= 15 is 0 Å². The van der Waals surface area contributed by atoms with Crippen LogP contribution in [0.1, 0.15) is 24.1 Å². The first kappa shape index (κ1) is 20.2. The summed E-state index contributed by atoms with van der Waals surface area (Å²) in [4.78, 5) is 35.1. The molecule has 2 heterocycles. The van der Waals surface area contributed by atoms with Gasteiger partial charge in [-0.25, -0.2) is 14.4 Å². The lowest BCUT2D eigenvalue weighted by atomic mass is 9.95. The first-order valence-electron chi connectivity index (χ1n) is 9.58. The van der Waals surface area contributed by atoms with Crippen LogP contribution < -0.4 is 9.64 Å². The molecule has 3 aromatic rings. The number of aliphatic hydroxyl groups is 1. The molecule has 1 aliphatic heterocycles. The van der Waals surface area contributed by atoms with Gasteiger partial charge in [0.25, 0.3) is 5.78 Å². The Morgan fingerprint density at radius 1 is 1.06 bits per heavy atom. The van der Waals surface area contributed by atoms with Gasteiger partial charge in [-0.05, 0) is 55.0 Å². The molecule has 4 rings (SSSR count). The molecular weight excluding hydrogens is 401 g/mol. The molecule has 31 heavy (non-hydrogen) atoms. The van der Waals surface area contributed by atoms with E-state index < -0.39 is 23.5 Å². The van der Waals surface area contributed by atoms with Crippen LogP contribution in [0.3, 0.4) is 0 Å². The zero-order valence-corrected chi connectivity index (χ0v) is 16.5. The molecular formula is C23H18FN3O4. The lowest BCUT2D eigenvalue weighted by Gasteiger charge is -2.23. The normalized spacial score (nSPS) is 17.7. The second kappa shape index (κ2) is 8.35. The third-order valence-electron chi connectivity index (χ3n) is 4.84. The number of carbonyl (C=O) groups excluding carboxylic acids is 2. The van der Waals surface area contributed by atoms with Crippen molar-refractivity contribution >= 4 is 23.4 Å². The van der Waals surface area contributed by atoms with Crippen LogP contribution in [0.2, 0.25) is 0 Å². The number of hydrogen-bond acceptors (Lipinski definition) is 6. The minimum absolute atomic E-state index is 0.00432. The summed E-state index contributed by atoms with van der Waals surface area (Å²) >= 11 is 0. The van der Waals surface area contributed by atoms with E-state index in [0.717, 1.165) is 4.90 Å². The number of aliphatic hydroxyl groups excluding tert-OH is 1. The van der Waals surface area contributed by atoms with Gasteiger partial charge in [-0.3, -0.25) is 14.5 Å². The predicted molar refractivity (Wildman–Crippen MR) is 111 cm³/mol. The van der Waals surface area contributed by atoms with Crippen molar-refractivity contribution in [3.8, 4) is 5.75 Å². The van der Waals surface area contributed by atoms with Gasteiger partial charge < -0.3 is 9.84 Å². The van der Waals surface area contributed by atoms with Crippen molar-refractivity contribution in [1.29, 1.82) is 0 Å². The van der Waals surface area contributed by atoms with Crippen LogP contribution in [0.25, 0.3) is 5.76 Å². The number of carbonyl (C=O) groups is 2. The van der Waals surface area contributed by atoms with Gasteiger partial charge in [0.05, 0.1) is 18.2 Å². The van der Waals surface area contributed by atoms with Crippen molar-refractivity contribution in [2.45, 2.75) is 13.0 Å². The van der Waals surface area contributed by atoms with E-state index in [0.29, 0.717) is 23.5 Å². The SMILES string of the molecule is CCOc1ccc(/C(O)=C2\C(=O)C(=O)N(c3ncccn3)C2c2ccc(F)cc2)cc1. The molecule has 156 valence electrons. The number of Topliss-reactive ketones (excluding diaryl/α,β-unsaturated/α-hetero) is 1. The fraction of sp³-hybridized carbons (Fsp3) is 0.130. The summed E-state index contributed by atoms with van der Waals surface area (Å²) in [6.45, 7) is 2.34. The highest BCUT2D eigenvalue weighted by Crippen LogP contribution is 2.41. The number of ether oxygens (including phenoxy) is 1. The smallest absolute Gasteiger partial charge is 0.302 e. The summed E-state index contributed by atoms with van der Waals surface area (Å²) < 4.78 is 18.9. The van der Waals surface area contributed by atoms with Gasteiger partial charge in [0.15, 0.2) is 0 Å². The van der Waals surface area contributed by atoms with Crippen LogP contribution in [0.15, 0.2) is 72.6 Å². The van der Waals surface area contributed by atoms with E-state index in [9.17, 15) is 19.1 Å². The van der Waals surface area contributed by atoms with Gasteiger partial charge in [0, 0.05) is 18.0 Å². The Labute approximate surface area is 177 Å². The lowest BCUT2D eigenvalue weighted by Crippen LogP contribution is -2.31. The summed E-state index contributed by atoms with van der Waals surface area (Å²) in [5, 5.41) is 11.0. The average Bonchev–Trinajstić information content (AvgIpc) is 3.06. The van der Waals surface area contributed by atoms with Crippen LogP contribution in [-0.4, -0.2) is 33.4 Å². The molecule has 1 aliphatic rings. The quantitative estimate of drug-likeness (QED) is 0.386. The Morgan fingerprint density at radius 3 is 2.32 bits per heavy atom. The molecule has 2 aromatic carbocycles. The average molecular weight is 419 g/mol. The van der Waals surface area contributed by atoms with E-state index in [4.69, 9.17) is 4.74 Å². The minimum Gasteiger partial charge on any atom is -0.507 e. The Morgan fingerprint density at radius 2 is 1.71 bits per heavy atom. The number of anilines is 1. The van der Waals surface area contributed by atoms with Gasteiger partial charge >= 0.3 is 5.91 Å². The summed E-state index contributed by atoms with van der Waals surface area (Å²) in [6.07, 6.45) is 2.88. The zero-order chi connectivity index (χ0) is 22.0. The lowest BCUT2D eigenvalue weighted by molar-refractivity contribution is -0.132. The second-order valence-corrected chi connectivity index (χ2v) is 6.73. The molecule has 0 saturated carbocycles. The molecule has 1 N–H and O–H groups in total. The standard InChI is InChI=1S/C23H18FN3O4/c1-2-31-17-10-6-15(7-11-17)20(28)18-19(14-4-8-16(24)9-5-14)27(22(30)21(18)29)23-25-12-3-13-26-23/h3-13,19,28H,2H2,1H3/b20-18+. The monoisotopic (exact) mass is 419 g/mol. The maximum atomic E-state index is 13.5. The number of nitrogens with zero attached hydrogens (tertiary/aromatic N) is 3. The summed E-state index contributed by atoms with van der Waals surface area (Å²) in [6, 6.07) is 12.4. The third-order valence-corrected chi connectivity index (χ3v) is 4.84. The molecule has 1 atom stereocenters. The van der Waals surface area contributed by atoms with Crippen LogP contribution in [-0.2, 0) is 9.59 Å². The summed E-state index contributed by atoms with van der Waals surface area (Å²) in [5.74, 6) is -1.98. The van der Waals surface area contributed by atoms with Crippen LogP contribution >= 0.6 is 0 Å². The Balaban J connectivity index is 1.88. The summed E-state index contributed by atoms with van der Waals surface area (Å²) in [7, 11) is 0. The van der Waals surface area contributed by atoms with Gasteiger partial charge in [0.2, 0.25) is 5.95 Å². The molecule has 0 radical (unpaired) electrons. The van der Waals surface area contributed by atoms with Gasteiger partial charge in [-0.1, -0.05) is 12.1 Å². The molecule has 8 heteroatoms. The number of benzene rings is 2. The molecule has 0 spiro atoms. The Hall–Kier alpha value is -4.07. The highest BCUT2D eigenvalue weighted by atomic mass is 19.1. The number of rotatable bonds is 5. The molecule has 7 nitrogen and oxygen atoms in total. The van der Waals surface area contributed by atoms with E-state index in [1.54, 1.807) is 30.3 Å². The van der Waals surface area contributed by atoms with Crippen molar-refractivity contribution in [1.82, 2.24) is 9.97 Å². The van der Waals surface area contributed by atoms with Gasteiger partial charge in [-0.15, -0.1) is 0 Å². The first-order valence-corrected chi connectivity index (χ1v) is 9.58. The minimum atomic E-state index is -1.02. The Kier molecular flexibility index (Phi) is 5.44. The van der Waals surface area contributed by atoms with Crippen LogP contribution in [0.5, 0.6) is 5.75 Å². The number of hydrogen-bond donors (Lipinski definition) is 1. The zero-order valence-electron chi connectivity index (χ0n) is 16.5. The number of amides is 1. The van der Waals surface area contributed by atoms with Crippen molar-refractivity contribution in [3.63, 3.8) is 0 Å². The molecule has 1 unspecified atom stereocenters. The molecule has 1 fully saturated rings. The Bertz CT molecular complexity index is 1150. The largest absolute Gasteiger partial charge is 0.507 e. The van der Waals surface area contributed by atoms with E-state index in [1.165, 1.54) is 36.7 Å². The fourth-order valence-electron chi connectivity index (χ4n) is 3.45. The topological polar surface area (TPSA) is 92.6 Å². The van der Waals surface area contributed by atoms with Gasteiger partial charge in [-0.2, -0.15) is 0 Å². The second-order valence-electron chi connectivity index (χ2n) is 6.73. The number of halogens is 1. The van der Waals surface area contributed by atoms with Gasteiger partial charge in [0.1, 0.15) is 17.3 Å². The number of aromatic nitrogens is 2. The fourth-order valence-corrected chi connectivity index (χ4v) is 3.45. The maximum Gasteiger partial charge on any atom is 0.302 e. The van der Waals surface area contributed by atoms with E-state index in [1.807, 2.05) is 6.92 Å². The molecule has 1 aromatic heterocycles. The van der Waals surface area contributed by atoms with Crippen molar-refractivity contribution in [2.24, 2.45) is 0 Å². The predicted octanol–water partition coefficient (Wildman–Crippen LogP) is 3.64. The van der Waals surface area contributed by atoms with E-state index in [2.05, 4.69) is 9.97 Å². The highest BCUT2D eigenvalue weighted by Gasteiger charge is 2.48. The number of ketones is 1. The third kappa shape index (κ3) is 3.75. The van der Waals surface area contributed by atoms with Crippen molar-refractivity contribution in [2.75, 3.05) is 11.5 Å². The van der Waals surface area contributed by atoms with E-state index in [-0.39, 0.29) is 17.3 Å². The van der Waals surface area contributed by atoms with Crippen molar-refractivity contribution in [3.05, 3.63) is 89.5 Å². The molecule has 0 bridgehead atoms. The maximum absolute atomic E-state index is 13.5. The molecule has 1 amide bonds. The highest BCUT2D eigenvalue weighted by molar-refractivity contribution is 6.51. The first-order chi connectivity index (χ1) is 15.0.